The number of hydrogen-bond acceptors (Lipinski definition) is 5. The highest BCUT2D eigenvalue weighted by atomic mass is 16.6. The number of anilines is 1. The molecule has 102 valence electrons. The van der Waals surface area contributed by atoms with Gasteiger partial charge < -0.3 is 15.4 Å². The third kappa shape index (κ3) is 2.53. The third-order valence-corrected chi connectivity index (χ3v) is 4.14. The van der Waals surface area contributed by atoms with Gasteiger partial charge in [0.15, 0.2) is 6.20 Å². The standard InChI is InChI=1S/C13H18N4O2/c18-17(19)13-5-4-10(9-14-13)15-11-6-8-16-7-2-1-3-12(11)16/h4-5,9,11-12,15H,1-3,6-8H2. The van der Waals surface area contributed by atoms with Crippen LogP contribution in [0, 0.1) is 10.1 Å². The Hall–Kier alpha value is -1.69. The monoisotopic (exact) mass is 262 g/mol. The summed E-state index contributed by atoms with van der Waals surface area (Å²) in [5.41, 5.74) is 0.878. The Morgan fingerprint density at radius 1 is 1.32 bits per heavy atom. The topological polar surface area (TPSA) is 71.3 Å². The van der Waals surface area contributed by atoms with E-state index in [4.69, 9.17) is 0 Å². The van der Waals surface area contributed by atoms with E-state index < -0.39 is 4.92 Å². The largest absolute Gasteiger partial charge is 0.378 e. The van der Waals surface area contributed by atoms with E-state index in [0.717, 1.165) is 18.7 Å². The number of fused-ring (bicyclic) bond motifs is 1. The van der Waals surface area contributed by atoms with Crippen LogP contribution in [0.15, 0.2) is 18.3 Å². The van der Waals surface area contributed by atoms with Gasteiger partial charge in [-0.25, -0.2) is 0 Å². The molecule has 0 amide bonds. The Morgan fingerprint density at radius 3 is 2.95 bits per heavy atom. The summed E-state index contributed by atoms with van der Waals surface area (Å²) >= 11 is 0. The molecule has 6 nitrogen and oxygen atoms in total. The lowest BCUT2D eigenvalue weighted by molar-refractivity contribution is -0.389. The first-order valence-electron chi connectivity index (χ1n) is 6.85. The van der Waals surface area contributed by atoms with Crippen molar-refractivity contribution in [1.82, 2.24) is 9.88 Å². The molecule has 2 unspecified atom stereocenters. The molecule has 1 aromatic heterocycles. The molecule has 2 fully saturated rings. The molecule has 0 aromatic carbocycles. The van der Waals surface area contributed by atoms with Crippen LogP contribution in [0.2, 0.25) is 0 Å². The fraction of sp³-hybridized carbons (Fsp3) is 0.615. The fourth-order valence-electron chi connectivity index (χ4n) is 3.21. The molecule has 19 heavy (non-hydrogen) atoms. The number of nitro groups is 1. The van der Waals surface area contributed by atoms with Gasteiger partial charge >= 0.3 is 5.82 Å². The Morgan fingerprint density at radius 2 is 2.21 bits per heavy atom. The maximum Gasteiger partial charge on any atom is 0.363 e. The highest BCUT2D eigenvalue weighted by molar-refractivity contribution is 5.44. The summed E-state index contributed by atoms with van der Waals surface area (Å²) in [6.07, 6.45) is 6.56. The minimum absolute atomic E-state index is 0.101. The molecule has 1 aromatic rings. The zero-order chi connectivity index (χ0) is 13.2. The Labute approximate surface area is 112 Å². The van der Waals surface area contributed by atoms with Gasteiger partial charge in [0.25, 0.3) is 0 Å². The number of nitrogens with zero attached hydrogens (tertiary/aromatic N) is 3. The summed E-state index contributed by atoms with van der Waals surface area (Å²) < 4.78 is 0. The van der Waals surface area contributed by atoms with Crippen molar-refractivity contribution in [2.24, 2.45) is 0 Å². The summed E-state index contributed by atoms with van der Waals surface area (Å²) in [7, 11) is 0. The van der Waals surface area contributed by atoms with E-state index in [1.807, 2.05) is 0 Å². The van der Waals surface area contributed by atoms with Crippen LogP contribution in [0.4, 0.5) is 11.5 Å². The van der Waals surface area contributed by atoms with E-state index in [0.29, 0.717) is 12.1 Å². The summed E-state index contributed by atoms with van der Waals surface area (Å²) in [4.78, 5) is 16.5. The van der Waals surface area contributed by atoms with Gasteiger partial charge in [-0.3, -0.25) is 4.90 Å². The summed E-state index contributed by atoms with van der Waals surface area (Å²) in [5.74, 6) is -0.101. The molecule has 1 N–H and O–H groups in total. The molecule has 0 saturated carbocycles. The summed E-state index contributed by atoms with van der Waals surface area (Å²) in [6.45, 7) is 2.37. The molecule has 2 aliphatic heterocycles. The smallest absolute Gasteiger partial charge is 0.363 e. The molecule has 0 aliphatic carbocycles. The molecule has 2 saturated heterocycles. The average molecular weight is 262 g/mol. The van der Waals surface area contributed by atoms with Crippen molar-refractivity contribution in [3.63, 3.8) is 0 Å². The molecule has 0 bridgehead atoms. The van der Waals surface area contributed by atoms with Gasteiger partial charge in [0.1, 0.15) is 0 Å². The van der Waals surface area contributed by atoms with E-state index in [9.17, 15) is 10.1 Å². The SMILES string of the molecule is O=[N+]([O-])c1ccc(NC2CCN3CCCCC23)cn1. The number of nitrogens with one attached hydrogen (secondary N) is 1. The number of piperidine rings is 1. The second kappa shape index (κ2) is 5.13. The van der Waals surface area contributed by atoms with Gasteiger partial charge in [0.05, 0.1) is 5.69 Å². The van der Waals surface area contributed by atoms with Gasteiger partial charge in [-0.2, -0.15) is 0 Å². The van der Waals surface area contributed by atoms with Crippen molar-refractivity contribution < 1.29 is 4.92 Å². The van der Waals surface area contributed by atoms with E-state index in [2.05, 4.69) is 15.2 Å². The molecule has 0 spiro atoms. The van der Waals surface area contributed by atoms with Gasteiger partial charge in [0.2, 0.25) is 0 Å². The number of rotatable bonds is 3. The average Bonchev–Trinajstić information content (AvgIpc) is 2.83. The second-order valence-corrected chi connectivity index (χ2v) is 5.30. The van der Waals surface area contributed by atoms with E-state index in [1.54, 1.807) is 12.3 Å². The first-order chi connectivity index (χ1) is 9.24. The van der Waals surface area contributed by atoms with Crippen molar-refractivity contribution in [2.45, 2.75) is 37.8 Å². The minimum Gasteiger partial charge on any atom is -0.378 e. The van der Waals surface area contributed by atoms with Crippen molar-refractivity contribution in [2.75, 3.05) is 18.4 Å². The molecule has 3 rings (SSSR count). The normalized spacial score (nSPS) is 26.9. The quantitative estimate of drug-likeness (QED) is 0.666. The third-order valence-electron chi connectivity index (χ3n) is 4.14. The maximum absolute atomic E-state index is 10.6. The Balaban J connectivity index is 1.66. The summed E-state index contributed by atoms with van der Waals surface area (Å²) in [5, 5.41) is 14.0. The number of aromatic nitrogens is 1. The van der Waals surface area contributed by atoms with Crippen molar-refractivity contribution in [3.05, 3.63) is 28.4 Å². The van der Waals surface area contributed by atoms with E-state index >= 15 is 0 Å². The van der Waals surface area contributed by atoms with Crippen LogP contribution < -0.4 is 5.32 Å². The van der Waals surface area contributed by atoms with E-state index in [1.165, 1.54) is 31.9 Å². The van der Waals surface area contributed by atoms with Crippen molar-refractivity contribution >= 4 is 11.5 Å². The molecule has 2 atom stereocenters. The van der Waals surface area contributed by atoms with Crippen LogP contribution >= 0.6 is 0 Å². The first kappa shape index (κ1) is 12.3. The van der Waals surface area contributed by atoms with Crippen LogP contribution in [-0.4, -0.2) is 40.0 Å². The minimum atomic E-state index is -0.470. The van der Waals surface area contributed by atoms with Crippen LogP contribution in [0.3, 0.4) is 0 Å². The Bertz CT molecular complexity index is 462. The van der Waals surface area contributed by atoms with Gasteiger partial charge in [0, 0.05) is 24.7 Å². The maximum atomic E-state index is 10.6. The molecule has 3 heterocycles. The first-order valence-corrected chi connectivity index (χ1v) is 6.85. The molecule has 0 radical (unpaired) electrons. The van der Waals surface area contributed by atoms with Gasteiger partial charge in [-0.15, -0.1) is 0 Å². The lowest BCUT2D eigenvalue weighted by Crippen LogP contribution is -2.41. The van der Waals surface area contributed by atoms with Gasteiger partial charge in [-0.05, 0) is 41.8 Å². The van der Waals surface area contributed by atoms with Gasteiger partial charge in [-0.1, -0.05) is 6.42 Å². The van der Waals surface area contributed by atoms with Crippen LogP contribution in [0.1, 0.15) is 25.7 Å². The fourth-order valence-corrected chi connectivity index (χ4v) is 3.21. The molecular weight excluding hydrogens is 244 g/mol. The van der Waals surface area contributed by atoms with Crippen molar-refractivity contribution in [1.29, 1.82) is 0 Å². The predicted molar refractivity (Wildman–Crippen MR) is 72.1 cm³/mol. The second-order valence-electron chi connectivity index (χ2n) is 5.30. The van der Waals surface area contributed by atoms with E-state index in [-0.39, 0.29) is 5.82 Å². The molecule has 2 aliphatic rings. The number of hydrogen-bond donors (Lipinski definition) is 1. The highest BCUT2D eigenvalue weighted by Gasteiger charge is 2.35. The lowest BCUT2D eigenvalue weighted by atomic mass is 9.99. The van der Waals surface area contributed by atoms with Crippen LogP contribution in [0.25, 0.3) is 0 Å². The van der Waals surface area contributed by atoms with Crippen LogP contribution in [-0.2, 0) is 0 Å². The van der Waals surface area contributed by atoms with Crippen LogP contribution in [0.5, 0.6) is 0 Å². The highest BCUT2D eigenvalue weighted by Crippen LogP contribution is 2.29. The lowest BCUT2D eigenvalue weighted by Gasteiger charge is -2.32. The number of pyridine rings is 1. The zero-order valence-electron chi connectivity index (χ0n) is 10.8. The Kier molecular flexibility index (Phi) is 3.33. The summed E-state index contributed by atoms with van der Waals surface area (Å²) in [6, 6.07) is 4.26. The van der Waals surface area contributed by atoms with Crippen molar-refractivity contribution in [3.8, 4) is 0 Å². The molecule has 6 heteroatoms. The molecular formula is C13H18N4O2. The predicted octanol–water partition coefficient (Wildman–Crippen LogP) is 2.03. The zero-order valence-corrected chi connectivity index (χ0v) is 10.8.